The van der Waals surface area contributed by atoms with Crippen molar-refractivity contribution in [3.05, 3.63) is 263 Å². The van der Waals surface area contributed by atoms with Crippen molar-refractivity contribution >= 4 is 28.3 Å². The highest BCUT2D eigenvalue weighted by Gasteiger charge is 2.42. The highest BCUT2D eigenvalue weighted by Crippen LogP contribution is 2.54. The van der Waals surface area contributed by atoms with Crippen molar-refractivity contribution in [2.24, 2.45) is 11.8 Å². The number of fused-ring (bicyclic) bond motifs is 7. The topological polar surface area (TPSA) is 24.3 Å². The normalized spacial score (nSPS) is 21.0. The molecule has 0 saturated carbocycles. The lowest BCUT2D eigenvalue weighted by Crippen LogP contribution is -2.32. The molecule has 2 unspecified atom stereocenters. The fourth-order valence-electron chi connectivity index (χ4n) is 12.9. The first-order valence-electron chi connectivity index (χ1n) is 26.6. The summed E-state index contributed by atoms with van der Waals surface area (Å²) >= 11 is 0. The predicted molar refractivity (Wildman–Crippen MR) is 304 cm³/mol. The molecule has 0 N–H and O–H groups in total. The number of rotatable bonds is 14. The minimum absolute atomic E-state index is 0.0453. The quantitative estimate of drug-likeness (QED) is 0.0803. The van der Waals surface area contributed by atoms with Gasteiger partial charge in [0, 0.05) is 51.6 Å². The zero-order chi connectivity index (χ0) is 49.5. The molecule has 4 nitrogen and oxygen atoms in total. The molecule has 5 atom stereocenters. The molecule has 2 aliphatic heterocycles. The summed E-state index contributed by atoms with van der Waals surface area (Å²) < 4.78 is 2.29. The molecule has 11 rings (SSSR count). The number of allylic oxidation sites excluding steroid dienone is 11. The van der Waals surface area contributed by atoms with Gasteiger partial charge < -0.3 is 9.80 Å². The Labute approximate surface area is 428 Å². The van der Waals surface area contributed by atoms with E-state index < -0.39 is 0 Å². The Kier molecular flexibility index (Phi) is 12.8. The highest BCUT2D eigenvalue weighted by atomic mass is 15.3. The fraction of sp³-hybridized carbons (Fsp3) is 0.250. The van der Waals surface area contributed by atoms with Crippen molar-refractivity contribution in [1.82, 2.24) is 9.78 Å². The van der Waals surface area contributed by atoms with Crippen LogP contribution >= 0.6 is 0 Å². The average molecular weight is 941 g/mol. The lowest BCUT2D eigenvalue weighted by molar-refractivity contribution is 0.459. The lowest BCUT2D eigenvalue weighted by atomic mass is 9.74. The van der Waals surface area contributed by atoms with E-state index in [1.807, 2.05) is 6.08 Å². The van der Waals surface area contributed by atoms with Crippen LogP contribution in [0, 0.1) is 18.8 Å². The zero-order valence-corrected chi connectivity index (χ0v) is 43.0. The number of nitrogens with zero attached hydrogens (tertiary/aromatic N) is 4. The molecule has 0 spiro atoms. The van der Waals surface area contributed by atoms with E-state index in [2.05, 4.69) is 257 Å². The Balaban J connectivity index is 0.975. The number of anilines is 3. The first kappa shape index (κ1) is 46.9. The van der Waals surface area contributed by atoms with Crippen molar-refractivity contribution in [2.45, 2.75) is 96.9 Å². The molecule has 360 valence electrons. The van der Waals surface area contributed by atoms with E-state index in [1.165, 1.54) is 78.6 Å². The molecular formula is C68H68N4. The maximum absolute atomic E-state index is 5.51. The zero-order valence-electron chi connectivity index (χ0n) is 43.0. The Morgan fingerprint density at radius 2 is 1.50 bits per heavy atom. The third kappa shape index (κ3) is 7.96. The van der Waals surface area contributed by atoms with Gasteiger partial charge in [-0.15, -0.1) is 0 Å². The van der Waals surface area contributed by atoms with Crippen molar-refractivity contribution in [2.75, 3.05) is 9.80 Å². The van der Waals surface area contributed by atoms with Gasteiger partial charge in [-0.05, 0) is 151 Å². The Morgan fingerprint density at radius 1 is 0.792 bits per heavy atom. The highest BCUT2D eigenvalue weighted by molar-refractivity contribution is 5.85. The van der Waals surface area contributed by atoms with Gasteiger partial charge in [0.2, 0.25) is 0 Å². The van der Waals surface area contributed by atoms with Gasteiger partial charge in [-0.3, -0.25) is 0 Å². The van der Waals surface area contributed by atoms with E-state index in [0.717, 1.165) is 49.2 Å². The summed E-state index contributed by atoms with van der Waals surface area (Å²) in [5, 5.41) is 5.51. The molecule has 1 aromatic heterocycles. The van der Waals surface area contributed by atoms with Crippen LogP contribution in [-0.4, -0.2) is 15.8 Å². The minimum Gasteiger partial charge on any atom is -0.334 e. The third-order valence-corrected chi connectivity index (χ3v) is 16.6. The van der Waals surface area contributed by atoms with E-state index in [4.69, 9.17) is 5.10 Å². The van der Waals surface area contributed by atoms with Gasteiger partial charge in [0.1, 0.15) is 0 Å². The number of hydrogen-bond acceptors (Lipinski definition) is 3. The van der Waals surface area contributed by atoms with Gasteiger partial charge in [-0.1, -0.05) is 186 Å². The standard InChI is InChI=1S/C68H68N4/c1-8-12-32-63-47(6)60-43-51(36-42-64(60)71(63)54-27-17-14-18-28-54)49-34-38-55(39-35-49)70(56-40-41-59-58-30-21-22-31-61(58)68(10-3,11-4)62(59)45-56)53(23-9-2)37-33-46(5)66-48(7)67-57-29-20-19-26-52(57)44-65(72(67)69-66)50-24-15-13-16-25-50/h8,12-25,27-28,30-46,52,57,60,64H,1,9-11,26,29H2,2-7H3/b32-12-,37-33-,53-23+/t46?,52-,57-,60?,64-/m1/s1. The lowest BCUT2D eigenvalue weighted by Gasteiger charge is -2.33. The SMILES string of the molecule is C=C/C=C\C1=C(C)C2C=C(c3ccc(N(C(/C=C\C(C)c4nn5c(c4C)[C@@H]4CC=CC[C@@H]4C=C5c4ccccc4)=C/CC)c4ccc5c(c4)C(CC)(CC)c4ccccc4-5)cc3)C=C[C@H]2N1c1ccccc1. The van der Waals surface area contributed by atoms with Gasteiger partial charge in [0.15, 0.2) is 0 Å². The third-order valence-electron chi connectivity index (χ3n) is 16.6. The monoisotopic (exact) mass is 941 g/mol. The van der Waals surface area contributed by atoms with Crippen molar-refractivity contribution in [3.8, 4) is 11.1 Å². The molecule has 3 heterocycles. The van der Waals surface area contributed by atoms with E-state index in [0.29, 0.717) is 11.8 Å². The smallest absolute Gasteiger partial charge is 0.0727 e. The van der Waals surface area contributed by atoms with Crippen molar-refractivity contribution in [3.63, 3.8) is 0 Å². The number of benzene rings is 5. The Hall–Kier alpha value is -7.43. The van der Waals surface area contributed by atoms with Crippen LogP contribution in [0.3, 0.4) is 0 Å². The van der Waals surface area contributed by atoms with Crippen LogP contribution in [0.25, 0.3) is 22.4 Å². The van der Waals surface area contributed by atoms with E-state index >= 15 is 0 Å². The molecule has 3 aliphatic carbocycles. The molecule has 0 radical (unpaired) electrons. The van der Waals surface area contributed by atoms with Gasteiger partial charge in [-0.2, -0.15) is 5.10 Å². The van der Waals surface area contributed by atoms with Crippen LogP contribution in [0.2, 0.25) is 0 Å². The maximum atomic E-state index is 5.51. The van der Waals surface area contributed by atoms with Gasteiger partial charge >= 0.3 is 0 Å². The minimum atomic E-state index is -0.0453. The molecule has 0 fully saturated rings. The average Bonchev–Trinajstić information content (AvgIpc) is 4.03. The maximum Gasteiger partial charge on any atom is 0.0727 e. The fourth-order valence-corrected chi connectivity index (χ4v) is 12.9. The summed E-state index contributed by atoms with van der Waals surface area (Å²) in [6.45, 7) is 17.9. The molecule has 0 bridgehead atoms. The second-order valence-electron chi connectivity index (χ2n) is 20.4. The molecule has 6 aromatic rings. The first-order chi connectivity index (χ1) is 35.3. The van der Waals surface area contributed by atoms with Crippen LogP contribution in [0.1, 0.15) is 118 Å². The van der Waals surface area contributed by atoms with E-state index in [-0.39, 0.29) is 23.3 Å². The van der Waals surface area contributed by atoms with Gasteiger partial charge in [0.25, 0.3) is 0 Å². The molecule has 5 aromatic carbocycles. The van der Waals surface area contributed by atoms with Crippen LogP contribution < -0.4 is 9.80 Å². The summed E-state index contributed by atoms with van der Waals surface area (Å²) in [5.41, 5.74) is 21.6. The summed E-state index contributed by atoms with van der Waals surface area (Å²) in [6, 6.07) is 47.5. The summed E-state index contributed by atoms with van der Waals surface area (Å²) in [5.74, 6) is 1.23. The second kappa shape index (κ2) is 19.6. The molecule has 4 heteroatoms. The molecule has 0 amide bonds. The first-order valence-corrected chi connectivity index (χ1v) is 26.6. The van der Waals surface area contributed by atoms with Crippen LogP contribution in [-0.2, 0) is 5.41 Å². The number of aromatic nitrogens is 2. The van der Waals surface area contributed by atoms with Crippen LogP contribution in [0.15, 0.2) is 224 Å². The molecular weight excluding hydrogens is 873 g/mol. The van der Waals surface area contributed by atoms with E-state index in [1.54, 1.807) is 0 Å². The number of para-hydroxylation sites is 1. The molecule has 5 aliphatic rings. The second-order valence-corrected chi connectivity index (χ2v) is 20.4. The van der Waals surface area contributed by atoms with Crippen LogP contribution in [0.5, 0.6) is 0 Å². The molecule has 0 saturated heterocycles. The largest absolute Gasteiger partial charge is 0.334 e. The molecule has 72 heavy (non-hydrogen) atoms. The Morgan fingerprint density at radius 3 is 2.25 bits per heavy atom. The summed E-state index contributed by atoms with van der Waals surface area (Å²) in [6.07, 6.45) is 32.8. The summed E-state index contributed by atoms with van der Waals surface area (Å²) in [4.78, 5) is 4.98. The van der Waals surface area contributed by atoms with Gasteiger partial charge in [0.05, 0.1) is 23.1 Å². The van der Waals surface area contributed by atoms with E-state index in [9.17, 15) is 0 Å². The van der Waals surface area contributed by atoms with Crippen LogP contribution in [0.4, 0.5) is 17.1 Å². The van der Waals surface area contributed by atoms with Crippen molar-refractivity contribution in [1.29, 1.82) is 0 Å². The predicted octanol–water partition coefficient (Wildman–Crippen LogP) is 17.5. The Bertz CT molecular complexity index is 3270. The van der Waals surface area contributed by atoms with Crippen molar-refractivity contribution < 1.29 is 0 Å². The van der Waals surface area contributed by atoms with Gasteiger partial charge in [-0.25, -0.2) is 4.68 Å². The summed E-state index contributed by atoms with van der Waals surface area (Å²) in [7, 11) is 0. The number of hydrogen-bond donors (Lipinski definition) is 0.